The first-order chi connectivity index (χ1) is 14.1. The van der Waals surface area contributed by atoms with Crippen LogP contribution in [0, 0.1) is 5.82 Å². The topological polar surface area (TPSA) is 78.5 Å². The molecule has 162 valence electrons. The molecule has 1 aliphatic carbocycles. The smallest absolute Gasteiger partial charge is 0.252 e. The van der Waals surface area contributed by atoms with Crippen LogP contribution in [-0.4, -0.2) is 45.9 Å². The van der Waals surface area contributed by atoms with Crippen molar-refractivity contribution in [3.8, 4) is 0 Å². The molecule has 3 rings (SSSR count). The fraction of sp³-hybridized carbons (Fsp3) is 0.350. The average molecular weight is 474 g/mol. The van der Waals surface area contributed by atoms with Crippen molar-refractivity contribution in [2.75, 3.05) is 20.6 Å². The lowest BCUT2D eigenvalue weighted by molar-refractivity contribution is 0.0942. The summed E-state index contributed by atoms with van der Waals surface area (Å²) in [6, 6.07) is 8.12. The van der Waals surface area contributed by atoms with Gasteiger partial charge in [-0.2, -0.15) is 0 Å². The van der Waals surface area contributed by atoms with Crippen molar-refractivity contribution in [2.45, 2.75) is 29.8 Å². The fourth-order valence-electron chi connectivity index (χ4n) is 2.96. The minimum absolute atomic E-state index is 0.00820. The number of nitrogens with one attached hydrogen (secondary N) is 2. The number of likely N-dealkylation sites (N-methyl/N-ethyl adjacent to an activating group) is 1. The highest BCUT2D eigenvalue weighted by molar-refractivity contribution is 7.89. The molecule has 0 spiro atoms. The predicted octanol–water partition coefficient (Wildman–Crippen LogP) is 3.61. The number of carbonyl (C=O) groups is 1. The van der Waals surface area contributed by atoms with Crippen LogP contribution in [-0.2, 0) is 10.0 Å². The van der Waals surface area contributed by atoms with Crippen molar-refractivity contribution in [1.82, 2.24) is 14.9 Å². The second-order valence-corrected chi connectivity index (χ2v) is 9.90. The quantitative estimate of drug-likeness (QED) is 0.613. The Kier molecular flexibility index (Phi) is 7.04. The van der Waals surface area contributed by atoms with Gasteiger partial charge in [0, 0.05) is 12.6 Å². The molecule has 6 nitrogen and oxygen atoms in total. The molecule has 2 aromatic carbocycles. The van der Waals surface area contributed by atoms with Crippen molar-refractivity contribution >= 4 is 39.1 Å². The van der Waals surface area contributed by atoms with Crippen molar-refractivity contribution in [3.05, 3.63) is 63.4 Å². The molecule has 1 amide bonds. The summed E-state index contributed by atoms with van der Waals surface area (Å²) in [5.74, 6) is -0.879. The number of hydrogen-bond acceptors (Lipinski definition) is 4. The number of sulfonamides is 1. The van der Waals surface area contributed by atoms with Crippen molar-refractivity contribution in [1.29, 1.82) is 0 Å². The molecule has 1 atom stereocenters. The lowest BCUT2D eigenvalue weighted by Crippen LogP contribution is -2.35. The van der Waals surface area contributed by atoms with Crippen LogP contribution in [0.5, 0.6) is 0 Å². The molecule has 1 fully saturated rings. The van der Waals surface area contributed by atoms with E-state index in [-0.39, 0.29) is 44.9 Å². The second kappa shape index (κ2) is 9.20. The maximum Gasteiger partial charge on any atom is 0.252 e. The highest BCUT2D eigenvalue weighted by Crippen LogP contribution is 2.31. The molecule has 0 radical (unpaired) electrons. The molecular weight excluding hydrogens is 452 g/mol. The number of nitrogens with zero attached hydrogens (tertiary/aromatic N) is 1. The van der Waals surface area contributed by atoms with Crippen molar-refractivity contribution in [2.24, 2.45) is 0 Å². The SMILES string of the molecule is CN(C)C(CNC(=O)c1cc(S(=O)(=O)NC2CC2)c(Cl)cc1Cl)c1ccc(F)cc1. The Hall–Kier alpha value is -1.71. The molecular formula is C20H22Cl2FN3O3S. The van der Waals surface area contributed by atoms with Gasteiger partial charge < -0.3 is 10.2 Å². The molecule has 1 unspecified atom stereocenters. The number of rotatable bonds is 8. The summed E-state index contributed by atoms with van der Waals surface area (Å²) in [5.41, 5.74) is 0.828. The van der Waals surface area contributed by atoms with Gasteiger partial charge >= 0.3 is 0 Å². The number of carbonyl (C=O) groups excluding carboxylic acids is 1. The zero-order valence-corrected chi connectivity index (χ0v) is 18.8. The lowest BCUT2D eigenvalue weighted by atomic mass is 10.1. The summed E-state index contributed by atoms with van der Waals surface area (Å²) in [6.07, 6.45) is 1.54. The lowest BCUT2D eigenvalue weighted by Gasteiger charge is -2.25. The predicted molar refractivity (Wildman–Crippen MR) is 115 cm³/mol. The highest BCUT2D eigenvalue weighted by atomic mass is 35.5. The molecule has 0 aliphatic heterocycles. The number of benzene rings is 2. The van der Waals surface area contributed by atoms with E-state index in [1.807, 2.05) is 19.0 Å². The van der Waals surface area contributed by atoms with E-state index in [1.54, 1.807) is 12.1 Å². The van der Waals surface area contributed by atoms with Gasteiger partial charge in [0.1, 0.15) is 10.7 Å². The zero-order chi connectivity index (χ0) is 22.1. The summed E-state index contributed by atoms with van der Waals surface area (Å²) in [4.78, 5) is 14.5. The standard InChI is InChI=1S/C20H22Cl2FN3O3S/c1-26(2)18(12-3-5-13(23)6-4-12)11-24-20(27)15-9-19(17(22)10-16(15)21)30(28,29)25-14-7-8-14/h3-6,9-10,14,18,25H,7-8,11H2,1-2H3,(H,24,27). The van der Waals surface area contributed by atoms with Crippen LogP contribution in [0.25, 0.3) is 0 Å². The van der Waals surface area contributed by atoms with E-state index in [9.17, 15) is 17.6 Å². The summed E-state index contributed by atoms with van der Waals surface area (Å²) in [7, 11) is -0.183. The van der Waals surface area contributed by atoms with Gasteiger partial charge in [-0.3, -0.25) is 4.79 Å². The van der Waals surface area contributed by atoms with E-state index in [0.29, 0.717) is 0 Å². The van der Waals surface area contributed by atoms with Crippen LogP contribution in [0.2, 0.25) is 10.0 Å². The van der Waals surface area contributed by atoms with Gasteiger partial charge in [0.05, 0.1) is 21.7 Å². The molecule has 1 saturated carbocycles. The Morgan fingerprint density at radius 3 is 2.37 bits per heavy atom. The first-order valence-electron chi connectivity index (χ1n) is 9.30. The van der Waals surface area contributed by atoms with Gasteiger partial charge in [0.2, 0.25) is 10.0 Å². The van der Waals surface area contributed by atoms with Crippen LogP contribution < -0.4 is 10.0 Å². The minimum atomic E-state index is -3.86. The summed E-state index contributed by atoms with van der Waals surface area (Å²) in [5, 5.41) is 2.76. The molecule has 2 aromatic rings. The van der Waals surface area contributed by atoms with Crippen molar-refractivity contribution in [3.63, 3.8) is 0 Å². The van der Waals surface area contributed by atoms with E-state index in [1.165, 1.54) is 24.3 Å². The van der Waals surface area contributed by atoms with Gasteiger partial charge in [-0.05, 0) is 56.8 Å². The molecule has 0 aromatic heterocycles. The molecule has 0 bridgehead atoms. The summed E-state index contributed by atoms with van der Waals surface area (Å²) < 4.78 is 40.9. The minimum Gasteiger partial charge on any atom is -0.350 e. The first-order valence-corrected chi connectivity index (χ1v) is 11.5. The third kappa shape index (κ3) is 5.50. The number of halogens is 3. The zero-order valence-electron chi connectivity index (χ0n) is 16.5. The third-order valence-corrected chi connectivity index (χ3v) is 7.09. The average Bonchev–Trinajstić information content (AvgIpc) is 3.46. The van der Waals surface area contributed by atoms with Gasteiger partial charge in [0.25, 0.3) is 5.91 Å². The molecule has 2 N–H and O–H groups in total. The van der Waals surface area contributed by atoms with E-state index in [2.05, 4.69) is 10.0 Å². The number of amides is 1. The number of hydrogen-bond donors (Lipinski definition) is 2. The molecule has 0 saturated heterocycles. The van der Waals surface area contributed by atoms with E-state index >= 15 is 0 Å². The molecule has 0 heterocycles. The van der Waals surface area contributed by atoms with Crippen LogP contribution in [0.15, 0.2) is 41.3 Å². The maximum absolute atomic E-state index is 13.2. The normalized spacial score (nSPS) is 15.3. The van der Waals surface area contributed by atoms with Gasteiger partial charge in [-0.15, -0.1) is 0 Å². The van der Waals surface area contributed by atoms with E-state index in [4.69, 9.17) is 23.2 Å². The monoisotopic (exact) mass is 473 g/mol. The fourth-order valence-corrected chi connectivity index (χ4v) is 5.13. The van der Waals surface area contributed by atoms with E-state index in [0.717, 1.165) is 18.4 Å². The summed E-state index contributed by atoms with van der Waals surface area (Å²) >= 11 is 12.2. The Labute approximate surface area is 185 Å². The Morgan fingerprint density at radius 2 is 1.80 bits per heavy atom. The van der Waals surface area contributed by atoms with Gasteiger partial charge in [-0.25, -0.2) is 17.5 Å². The molecule has 30 heavy (non-hydrogen) atoms. The third-order valence-electron chi connectivity index (χ3n) is 4.79. The first kappa shape index (κ1) is 23.0. The van der Waals surface area contributed by atoms with Gasteiger partial charge in [-0.1, -0.05) is 35.3 Å². The largest absolute Gasteiger partial charge is 0.350 e. The Balaban J connectivity index is 1.80. The van der Waals surface area contributed by atoms with Crippen molar-refractivity contribution < 1.29 is 17.6 Å². The molecule has 10 heteroatoms. The Bertz CT molecular complexity index is 1040. The van der Waals surface area contributed by atoms with Crippen LogP contribution in [0.1, 0.15) is 34.8 Å². The Morgan fingerprint density at radius 1 is 1.17 bits per heavy atom. The van der Waals surface area contributed by atoms with Gasteiger partial charge in [0.15, 0.2) is 0 Å². The maximum atomic E-state index is 13.2. The molecule has 1 aliphatic rings. The summed E-state index contributed by atoms with van der Waals surface area (Å²) in [6.45, 7) is 0.207. The van der Waals surface area contributed by atoms with Crippen LogP contribution in [0.3, 0.4) is 0 Å². The van der Waals surface area contributed by atoms with E-state index < -0.39 is 15.9 Å². The van der Waals surface area contributed by atoms with Crippen LogP contribution in [0.4, 0.5) is 4.39 Å². The van der Waals surface area contributed by atoms with Crippen LogP contribution >= 0.6 is 23.2 Å². The second-order valence-electron chi connectivity index (χ2n) is 7.40. The highest BCUT2D eigenvalue weighted by Gasteiger charge is 2.30.